The minimum Gasteiger partial charge on any atom is -0.481 e. The fraction of sp³-hybridized carbons (Fsp3) is 0.846. The van der Waals surface area contributed by atoms with Crippen molar-refractivity contribution in [2.75, 3.05) is 13.1 Å². The number of nitrogens with zero attached hydrogens (tertiary/aromatic N) is 1. The summed E-state index contributed by atoms with van der Waals surface area (Å²) in [4.78, 5) is 24.3. The average molecular weight is 270 g/mol. The number of rotatable bonds is 4. The van der Waals surface area contributed by atoms with Crippen molar-refractivity contribution in [2.45, 2.75) is 51.4 Å². The van der Waals surface area contributed by atoms with E-state index in [0.717, 1.165) is 12.8 Å². The van der Waals surface area contributed by atoms with E-state index in [1.807, 2.05) is 13.8 Å². The molecule has 1 unspecified atom stereocenters. The summed E-state index contributed by atoms with van der Waals surface area (Å²) < 4.78 is 5.63. The third kappa shape index (κ3) is 3.59. The molecule has 2 amide bonds. The van der Waals surface area contributed by atoms with Gasteiger partial charge in [0.25, 0.3) is 0 Å². The molecule has 1 heterocycles. The van der Waals surface area contributed by atoms with Crippen molar-refractivity contribution in [2.24, 2.45) is 5.92 Å². The van der Waals surface area contributed by atoms with Crippen LogP contribution in [0.4, 0.5) is 4.79 Å². The van der Waals surface area contributed by atoms with Crippen molar-refractivity contribution >= 4 is 12.0 Å². The SMILES string of the molecule is CC(C)OC1CC(NC(=O)N2CCC(C(=O)O)C2)C1. The molecule has 2 N–H and O–H groups in total. The van der Waals surface area contributed by atoms with Crippen molar-refractivity contribution in [3.63, 3.8) is 0 Å². The van der Waals surface area contributed by atoms with Gasteiger partial charge in [-0.2, -0.15) is 0 Å². The Labute approximate surface area is 113 Å². The molecule has 1 saturated carbocycles. The number of carbonyl (C=O) groups excluding carboxylic acids is 1. The van der Waals surface area contributed by atoms with Gasteiger partial charge < -0.3 is 20.1 Å². The first-order valence-electron chi connectivity index (χ1n) is 6.89. The molecule has 6 nitrogen and oxygen atoms in total. The summed E-state index contributed by atoms with van der Waals surface area (Å²) in [7, 11) is 0. The van der Waals surface area contributed by atoms with Crippen LogP contribution in [0.3, 0.4) is 0 Å². The Morgan fingerprint density at radius 2 is 2.05 bits per heavy atom. The number of hydrogen-bond donors (Lipinski definition) is 2. The average Bonchev–Trinajstić information content (AvgIpc) is 2.74. The summed E-state index contributed by atoms with van der Waals surface area (Å²) in [6.45, 7) is 4.85. The molecule has 0 bridgehead atoms. The number of aliphatic carboxylic acids is 1. The molecule has 0 radical (unpaired) electrons. The van der Waals surface area contributed by atoms with E-state index in [9.17, 15) is 9.59 Å². The van der Waals surface area contributed by atoms with E-state index in [1.165, 1.54) is 0 Å². The Balaban J connectivity index is 1.68. The van der Waals surface area contributed by atoms with Gasteiger partial charge in [0.15, 0.2) is 0 Å². The van der Waals surface area contributed by atoms with Crippen LogP contribution < -0.4 is 5.32 Å². The topological polar surface area (TPSA) is 78.9 Å². The highest BCUT2D eigenvalue weighted by Gasteiger charge is 2.35. The fourth-order valence-corrected chi connectivity index (χ4v) is 2.59. The third-order valence-electron chi connectivity index (χ3n) is 3.71. The van der Waals surface area contributed by atoms with E-state index >= 15 is 0 Å². The maximum absolute atomic E-state index is 11.9. The minimum atomic E-state index is -0.815. The normalized spacial score (nSPS) is 30.3. The number of hydrogen-bond acceptors (Lipinski definition) is 3. The number of carboxylic acid groups (broad SMARTS) is 1. The first-order valence-corrected chi connectivity index (χ1v) is 6.89. The maximum Gasteiger partial charge on any atom is 0.317 e. The lowest BCUT2D eigenvalue weighted by atomic mass is 9.89. The van der Waals surface area contributed by atoms with E-state index in [2.05, 4.69) is 5.32 Å². The second kappa shape index (κ2) is 5.77. The van der Waals surface area contributed by atoms with Crippen LogP contribution in [0.15, 0.2) is 0 Å². The van der Waals surface area contributed by atoms with Crippen molar-refractivity contribution in [1.82, 2.24) is 10.2 Å². The van der Waals surface area contributed by atoms with E-state index in [1.54, 1.807) is 4.90 Å². The Morgan fingerprint density at radius 1 is 1.37 bits per heavy atom. The van der Waals surface area contributed by atoms with Crippen molar-refractivity contribution < 1.29 is 19.4 Å². The van der Waals surface area contributed by atoms with Crippen molar-refractivity contribution in [1.29, 1.82) is 0 Å². The van der Waals surface area contributed by atoms with E-state index in [-0.39, 0.29) is 24.3 Å². The van der Waals surface area contributed by atoms with Crippen molar-refractivity contribution in [3.05, 3.63) is 0 Å². The Kier molecular flexibility index (Phi) is 4.29. The molecule has 0 spiro atoms. The molecule has 1 aliphatic heterocycles. The Morgan fingerprint density at radius 3 is 2.58 bits per heavy atom. The second-order valence-corrected chi connectivity index (χ2v) is 5.69. The van der Waals surface area contributed by atoms with Crippen LogP contribution in [0.2, 0.25) is 0 Å². The molecular formula is C13H22N2O4. The highest BCUT2D eigenvalue weighted by molar-refractivity contribution is 5.77. The first-order chi connectivity index (χ1) is 8.95. The number of ether oxygens (including phenoxy) is 1. The van der Waals surface area contributed by atoms with Gasteiger partial charge in [-0.25, -0.2) is 4.79 Å². The van der Waals surface area contributed by atoms with Gasteiger partial charge in [-0.3, -0.25) is 4.79 Å². The number of carbonyl (C=O) groups is 2. The molecule has 1 atom stereocenters. The van der Waals surface area contributed by atoms with Crippen molar-refractivity contribution in [3.8, 4) is 0 Å². The molecule has 0 aromatic rings. The second-order valence-electron chi connectivity index (χ2n) is 5.69. The van der Waals surface area contributed by atoms with Gasteiger partial charge >= 0.3 is 12.0 Å². The number of urea groups is 1. The molecule has 2 rings (SSSR count). The van der Waals surface area contributed by atoms with E-state index < -0.39 is 11.9 Å². The predicted octanol–water partition coefficient (Wildman–Crippen LogP) is 1.06. The minimum absolute atomic E-state index is 0.142. The third-order valence-corrected chi connectivity index (χ3v) is 3.71. The van der Waals surface area contributed by atoms with Crippen LogP contribution in [0.1, 0.15) is 33.1 Å². The van der Waals surface area contributed by atoms with Crippen LogP contribution in [0.25, 0.3) is 0 Å². The van der Waals surface area contributed by atoms with Crippen LogP contribution in [-0.4, -0.2) is 53.3 Å². The molecule has 1 saturated heterocycles. The zero-order valence-electron chi connectivity index (χ0n) is 11.5. The molecule has 108 valence electrons. The molecular weight excluding hydrogens is 248 g/mol. The molecule has 2 aliphatic rings. The zero-order valence-corrected chi connectivity index (χ0v) is 11.5. The van der Waals surface area contributed by atoms with Crippen LogP contribution >= 0.6 is 0 Å². The summed E-state index contributed by atoms with van der Waals surface area (Å²) in [6, 6.07) is 0.0249. The molecule has 1 aliphatic carbocycles. The molecule has 0 aromatic carbocycles. The van der Waals surface area contributed by atoms with E-state index in [0.29, 0.717) is 19.5 Å². The van der Waals surface area contributed by atoms with Gasteiger partial charge in [-0.15, -0.1) is 0 Å². The number of likely N-dealkylation sites (tertiary alicyclic amines) is 1. The summed E-state index contributed by atoms with van der Waals surface area (Å²) in [5.74, 6) is -1.23. The lowest BCUT2D eigenvalue weighted by molar-refractivity contribution is -0.141. The lowest BCUT2D eigenvalue weighted by Gasteiger charge is -2.37. The highest BCUT2D eigenvalue weighted by Crippen LogP contribution is 2.25. The predicted molar refractivity (Wildman–Crippen MR) is 68.9 cm³/mol. The quantitative estimate of drug-likeness (QED) is 0.800. The summed E-state index contributed by atoms with van der Waals surface area (Å²) in [6.07, 6.45) is 2.71. The smallest absolute Gasteiger partial charge is 0.317 e. The Bertz CT molecular complexity index is 353. The zero-order chi connectivity index (χ0) is 14.0. The van der Waals surface area contributed by atoms with Crippen LogP contribution in [-0.2, 0) is 9.53 Å². The summed E-state index contributed by atoms with van der Waals surface area (Å²) in [5.41, 5.74) is 0. The molecule has 0 aromatic heterocycles. The van der Waals surface area contributed by atoms with Gasteiger partial charge in [-0.05, 0) is 33.1 Å². The molecule has 2 fully saturated rings. The van der Waals surface area contributed by atoms with Gasteiger partial charge in [0, 0.05) is 19.1 Å². The van der Waals surface area contributed by atoms with Crippen LogP contribution in [0.5, 0.6) is 0 Å². The summed E-state index contributed by atoms with van der Waals surface area (Å²) >= 11 is 0. The number of carboxylic acids is 1. The number of amides is 2. The van der Waals surface area contributed by atoms with Gasteiger partial charge in [-0.1, -0.05) is 0 Å². The fourth-order valence-electron chi connectivity index (χ4n) is 2.59. The lowest BCUT2D eigenvalue weighted by Crippen LogP contribution is -2.52. The van der Waals surface area contributed by atoms with Gasteiger partial charge in [0.1, 0.15) is 0 Å². The largest absolute Gasteiger partial charge is 0.481 e. The summed E-state index contributed by atoms with van der Waals surface area (Å²) in [5, 5.41) is 11.8. The molecule has 6 heteroatoms. The highest BCUT2D eigenvalue weighted by atomic mass is 16.5. The molecule has 19 heavy (non-hydrogen) atoms. The Hall–Kier alpha value is -1.30. The number of nitrogens with one attached hydrogen (secondary N) is 1. The maximum atomic E-state index is 11.9. The van der Waals surface area contributed by atoms with Gasteiger partial charge in [0.2, 0.25) is 0 Å². The first kappa shape index (κ1) is 14.1. The van der Waals surface area contributed by atoms with Gasteiger partial charge in [0.05, 0.1) is 18.1 Å². The van der Waals surface area contributed by atoms with E-state index in [4.69, 9.17) is 9.84 Å². The van der Waals surface area contributed by atoms with Crippen LogP contribution in [0, 0.1) is 5.92 Å². The monoisotopic (exact) mass is 270 g/mol. The standard InChI is InChI=1S/C13H22N2O4/c1-8(2)19-11-5-10(6-11)14-13(18)15-4-3-9(7-15)12(16)17/h8-11H,3-7H2,1-2H3,(H,14,18)(H,16,17).